The number of rotatable bonds is 4. The molecule has 0 aliphatic carbocycles. The van der Waals surface area contributed by atoms with Crippen LogP contribution in [0.2, 0.25) is 0 Å². The highest BCUT2D eigenvalue weighted by molar-refractivity contribution is 5.85. The van der Waals surface area contributed by atoms with Crippen LogP contribution in [0.25, 0.3) is 27.7 Å². The maximum atomic E-state index is 13.2. The molecule has 0 fully saturated rings. The van der Waals surface area contributed by atoms with Crippen LogP contribution in [0.1, 0.15) is 0 Å². The van der Waals surface area contributed by atoms with Crippen molar-refractivity contribution < 1.29 is 0 Å². The van der Waals surface area contributed by atoms with Gasteiger partial charge in [0, 0.05) is 5.56 Å². The Kier molecular flexibility index (Phi) is 4.54. The molecular formula is C25H18N4O. The Morgan fingerprint density at radius 1 is 0.667 bits per heavy atom. The van der Waals surface area contributed by atoms with Crippen LogP contribution >= 0.6 is 0 Å². The molecule has 4 aromatic carbocycles. The van der Waals surface area contributed by atoms with Gasteiger partial charge >= 0.3 is 0 Å². The number of hydrogen-bond acceptors (Lipinski definition) is 3. The minimum Gasteiger partial charge on any atom is -0.288 e. The number of hydrogen-bond donors (Lipinski definition) is 1. The Bertz CT molecular complexity index is 1400. The molecule has 0 saturated carbocycles. The molecule has 0 saturated heterocycles. The average molecular weight is 390 g/mol. The van der Waals surface area contributed by atoms with Gasteiger partial charge in [0.1, 0.15) is 0 Å². The predicted octanol–water partition coefficient (Wildman–Crippen LogP) is 6.40. The zero-order valence-corrected chi connectivity index (χ0v) is 16.1. The molecule has 1 heterocycles. The van der Waals surface area contributed by atoms with E-state index in [2.05, 4.69) is 21.4 Å². The molecule has 0 radical (unpaired) electrons. The van der Waals surface area contributed by atoms with Gasteiger partial charge in [0.05, 0.1) is 17.1 Å². The van der Waals surface area contributed by atoms with Crippen LogP contribution in [0.4, 0.5) is 11.4 Å². The van der Waals surface area contributed by atoms with E-state index in [1.165, 1.54) is 4.68 Å². The van der Waals surface area contributed by atoms with Crippen molar-refractivity contribution in [3.05, 3.63) is 113 Å². The molecule has 0 bridgehead atoms. The van der Waals surface area contributed by atoms with Crippen LogP contribution in [0.5, 0.6) is 0 Å². The van der Waals surface area contributed by atoms with Crippen LogP contribution < -0.4 is 5.56 Å². The molecule has 0 atom stereocenters. The third-order valence-electron chi connectivity index (χ3n) is 4.94. The molecule has 0 amide bonds. The molecule has 1 aromatic heterocycles. The first-order valence-electron chi connectivity index (χ1n) is 9.66. The Morgan fingerprint density at radius 2 is 1.33 bits per heavy atom. The first-order valence-corrected chi connectivity index (χ1v) is 9.66. The van der Waals surface area contributed by atoms with E-state index in [4.69, 9.17) is 0 Å². The zero-order valence-electron chi connectivity index (χ0n) is 16.1. The van der Waals surface area contributed by atoms with Crippen molar-refractivity contribution in [1.82, 2.24) is 9.78 Å². The summed E-state index contributed by atoms with van der Waals surface area (Å²) < 4.78 is 1.50. The summed E-state index contributed by atoms with van der Waals surface area (Å²) in [6, 6.07) is 33.0. The van der Waals surface area contributed by atoms with Crippen molar-refractivity contribution in [2.45, 2.75) is 0 Å². The minimum atomic E-state index is -0.246. The number of azo groups is 1. The fourth-order valence-corrected chi connectivity index (χ4v) is 3.43. The van der Waals surface area contributed by atoms with Crippen molar-refractivity contribution in [2.24, 2.45) is 10.2 Å². The number of aromatic amines is 1. The van der Waals surface area contributed by atoms with Gasteiger partial charge in [-0.3, -0.25) is 9.89 Å². The number of fused-ring (bicyclic) bond motifs is 1. The maximum absolute atomic E-state index is 13.2. The van der Waals surface area contributed by atoms with E-state index >= 15 is 0 Å². The Balaban J connectivity index is 1.63. The highest BCUT2D eigenvalue weighted by Gasteiger charge is 2.16. The van der Waals surface area contributed by atoms with E-state index in [1.54, 1.807) is 0 Å². The molecule has 0 aliphatic heterocycles. The summed E-state index contributed by atoms with van der Waals surface area (Å²) in [4.78, 5) is 13.2. The Hall–Kier alpha value is -4.25. The number of nitrogens with zero attached hydrogens (tertiary/aromatic N) is 3. The van der Waals surface area contributed by atoms with Gasteiger partial charge in [-0.25, -0.2) is 4.68 Å². The van der Waals surface area contributed by atoms with E-state index in [0.29, 0.717) is 11.4 Å². The fourth-order valence-electron chi connectivity index (χ4n) is 3.43. The predicted molar refractivity (Wildman–Crippen MR) is 120 cm³/mol. The summed E-state index contributed by atoms with van der Waals surface area (Å²) in [5, 5.41) is 14.1. The summed E-state index contributed by atoms with van der Waals surface area (Å²) in [5.41, 5.74) is 2.97. The maximum Gasteiger partial charge on any atom is 0.299 e. The molecule has 0 unspecified atom stereocenters. The van der Waals surface area contributed by atoms with Gasteiger partial charge in [-0.05, 0) is 35.0 Å². The second-order valence-corrected chi connectivity index (χ2v) is 6.91. The molecule has 5 nitrogen and oxygen atoms in total. The fraction of sp³-hybridized carbons (Fsp3) is 0. The molecular weight excluding hydrogens is 372 g/mol. The van der Waals surface area contributed by atoms with Gasteiger partial charge in [0.15, 0.2) is 5.69 Å². The molecule has 0 aliphatic rings. The Morgan fingerprint density at radius 3 is 2.10 bits per heavy atom. The number of H-pyrrole nitrogens is 1. The molecule has 5 rings (SSSR count). The van der Waals surface area contributed by atoms with Crippen molar-refractivity contribution in [3.63, 3.8) is 0 Å². The van der Waals surface area contributed by atoms with Gasteiger partial charge in [0.25, 0.3) is 5.56 Å². The number of benzene rings is 4. The molecule has 30 heavy (non-hydrogen) atoms. The van der Waals surface area contributed by atoms with Crippen molar-refractivity contribution in [1.29, 1.82) is 0 Å². The second kappa shape index (κ2) is 7.64. The average Bonchev–Trinajstić information content (AvgIpc) is 3.15. The van der Waals surface area contributed by atoms with Crippen LogP contribution in [0, 0.1) is 0 Å². The normalized spacial score (nSPS) is 11.3. The van der Waals surface area contributed by atoms with Crippen molar-refractivity contribution in [2.75, 3.05) is 0 Å². The summed E-state index contributed by atoms with van der Waals surface area (Å²) in [6.45, 7) is 0. The smallest absolute Gasteiger partial charge is 0.288 e. The van der Waals surface area contributed by atoms with E-state index in [1.807, 2.05) is 97.1 Å². The van der Waals surface area contributed by atoms with E-state index in [9.17, 15) is 4.79 Å². The molecule has 0 spiro atoms. The highest BCUT2D eigenvalue weighted by atomic mass is 16.1. The third kappa shape index (κ3) is 3.33. The second-order valence-electron chi connectivity index (χ2n) is 6.91. The lowest BCUT2D eigenvalue weighted by molar-refractivity contribution is 0.852. The van der Waals surface area contributed by atoms with E-state index in [0.717, 1.165) is 22.0 Å². The van der Waals surface area contributed by atoms with Gasteiger partial charge in [-0.15, -0.1) is 5.11 Å². The van der Waals surface area contributed by atoms with Crippen LogP contribution in [-0.4, -0.2) is 9.78 Å². The number of aromatic nitrogens is 2. The first-order chi connectivity index (χ1) is 14.8. The lowest BCUT2D eigenvalue weighted by atomic mass is 10.1. The van der Waals surface area contributed by atoms with Crippen LogP contribution in [-0.2, 0) is 0 Å². The van der Waals surface area contributed by atoms with E-state index < -0.39 is 0 Å². The lowest BCUT2D eigenvalue weighted by Crippen LogP contribution is -2.13. The Labute approximate surface area is 172 Å². The van der Waals surface area contributed by atoms with Gasteiger partial charge in [0.2, 0.25) is 0 Å². The first kappa shape index (κ1) is 17.8. The molecule has 144 valence electrons. The molecule has 5 aromatic rings. The van der Waals surface area contributed by atoms with Gasteiger partial charge < -0.3 is 0 Å². The van der Waals surface area contributed by atoms with Crippen LogP contribution in [0.15, 0.2) is 118 Å². The molecule has 5 heteroatoms. The SMILES string of the molecule is O=c1c(N=Nc2ccc3ccccc3c2)c(-c2ccccc2)[nH]n1-c1ccccc1. The van der Waals surface area contributed by atoms with Crippen molar-refractivity contribution in [3.8, 4) is 16.9 Å². The number of nitrogens with one attached hydrogen (secondary N) is 1. The zero-order chi connectivity index (χ0) is 20.3. The van der Waals surface area contributed by atoms with Crippen LogP contribution in [0.3, 0.4) is 0 Å². The van der Waals surface area contributed by atoms with Gasteiger partial charge in [-0.1, -0.05) is 78.9 Å². The van der Waals surface area contributed by atoms with E-state index in [-0.39, 0.29) is 11.2 Å². The topological polar surface area (TPSA) is 62.5 Å². The quantitative estimate of drug-likeness (QED) is 0.355. The van der Waals surface area contributed by atoms with Crippen molar-refractivity contribution >= 4 is 22.1 Å². The summed E-state index contributed by atoms with van der Waals surface area (Å²) in [7, 11) is 0. The molecule has 1 N–H and O–H groups in total. The summed E-state index contributed by atoms with van der Waals surface area (Å²) >= 11 is 0. The highest BCUT2D eigenvalue weighted by Crippen LogP contribution is 2.29. The minimum absolute atomic E-state index is 0.246. The van der Waals surface area contributed by atoms with Gasteiger partial charge in [-0.2, -0.15) is 5.11 Å². The lowest BCUT2D eigenvalue weighted by Gasteiger charge is -2.01. The summed E-state index contributed by atoms with van der Waals surface area (Å²) in [5.74, 6) is 0. The number of para-hydroxylation sites is 1. The standard InChI is InChI=1S/C25H18N4O/c30-25-24(27-26-21-16-15-18-9-7-8-12-20(18)17-21)23(19-10-3-1-4-11-19)28-29(25)22-13-5-2-6-14-22/h1-17,28H. The largest absolute Gasteiger partial charge is 0.299 e. The summed E-state index contributed by atoms with van der Waals surface area (Å²) in [6.07, 6.45) is 0. The monoisotopic (exact) mass is 390 g/mol. The third-order valence-corrected chi connectivity index (χ3v) is 4.94.